The van der Waals surface area contributed by atoms with E-state index in [1.807, 2.05) is 36.4 Å². The third-order valence-corrected chi connectivity index (χ3v) is 17.7. The van der Waals surface area contributed by atoms with E-state index in [0.717, 1.165) is 58.3 Å². The molecule has 4 heterocycles. The van der Waals surface area contributed by atoms with Crippen molar-refractivity contribution in [2.45, 2.75) is 79.5 Å². The smallest absolute Gasteiger partial charge is 0.407 e. The number of carboxylic acid groups (broad SMARTS) is 2. The topological polar surface area (TPSA) is 216 Å². The van der Waals surface area contributed by atoms with Crippen molar-refractivity contribution in [3.63, 3.8) is 0 Å². The molecule has 2 aliphatic heterocycles. The van der Waals surface area contributed by atoms with Gasteiger partial charge in [-0.15, -0.1) is 0 Å². The number of methoxy groups -OCH3 is 1. The summed E-state index contributed by atoms with van der Waals surface area (Å²) < 4.78 is 77.0. The highest BCUT2D eigenvalue weighted by molar-refractivity contribution is 7.90. The highest BCUT2D eigenvalue weighted by Crippen LogP contribution is 2.33. The summed E-state index contributed by atoms with van der Waals surface area (Å²) in [7, 11) is -6.98. The highest BCUT2D eigenvalue weighted by atomic mass is 32.2. The van der Waals surface area contributed by atoms with E-state index in [9.17, 15) is 45.5 Å². The third kappa shape index (κ3) is 11.4. The van der Waals surface area contributed by atoms with Gasteiger partial charge < -0.3 is 24.7 Å². The molecule has 0 spiro atoms. The first-order chi connectivity index (χ1) is 37.1. The maximum absolute atomic E-state index is 14.1. The van der Waals surface area contributed by atoms with Gasteiger partial charge in [-0.05, 0) is 129 Å². The molecule has 0 bridgehead atoms. The minimum atomic E-state index is -4.24. The fourth-order valence-corrected chi connectivity index (χ4v) is 13.4. The van der Waals surface area contributed by atoms with Crippen molar-refractivity contribution >= 4 is 54.3 Å². The zero-order valence-corrected chi connectivity index (χ0v) is 43.8. The number of likely N-dealkylation sites (tertiary alicyclic amines) is 2. The monoisotopic (exact) mass is 1090 g/mol. The summed E-state index contributed by atoms with van der Waals surface area (Å²) in [4.78, 5) is 55.7. The van der Waals surface area contributed by atoms with Crippen LogP contribution in [-0.4, -0.2) is 110 Å². The van der Waals surface area contributed by atoms with Crippen molar-refractivity contribution < 1.29 is 45.8 Å². The van der Waals surface area contributed by atoms with Gasteiger partial charge in [0.1, 0.15) is 11.6 Å². The molecular formula is C56H58FN7O11S2. The molecular weight excluding hydrogens is 1030 g/mol. The molecule has 8 aromatic rings. The quantitative estimate of drug-likeness (QED) is 0.0986. The van der Waals surface area contributed by atoms with Crippen LogP contribution in [0.25, 0.3) is 22.1 Å². The lowest BCUT2D eigenvalue weighted by molar-refractivity contribution is 0.0853. The van der Waals surface area contributed by atoms with E-state index in [1.54, 1.807) is 65.2 Å². The molecule has 2 N–H and O–H groups in total. The zero-order chi connectivity index (χ0) is 54.4. The Kier molecular flexibility index (Phi) is 16.1. The molecule has 0 saturated carbocycles. The molecule has 77 heavy (non-hydrogen) atoms. The Morgan fingerprint density at radius 1 is 0.584 bits per heavy atom. The van der Waals surface area contributed by atoms with Crippen LogP contribution in [0.4, 0.5) is 14.0 Å². The number of aromatic nitrogens is 4. The second-order valence-corrected chi connectivity index (χ2v) is 22.7. The van der Waals surface area contributed by atoms with Crippen LogP contribution in [-0.2, 0) is 33.1 Å². The number of hydrogen-bond donors (Lipinski definition) is 2. The average Bonchev–Trinajstić information content (AvgIpc) is 4.02. The molecule has 2 amide bonds. The maximum Gasteiger partial charge on any atom is 0.407 e. The van der Waals surface area contributed by atoms with Crippen molar-refractivity contribution in [2.75, 3.05) is 33.3 Å². The number of rotatable bonds is 15. The molecule has 2 fully saturated rings. The number of ether oxygens (including phenoxy) is 1. The van der Waals surface area contributed by atoms with Crippen molar-refractivity contribution in [2.24, 2.45) is 0 Å². The molecule has 0 radical (unpaired) electrons. The number of imidazole rings is 2. The Hall–Kier alpha value is -8.01. The predicted molar refractivity (Wildman–Crippen MR) is 288 cm³/mol. The summed E-state index contributed by atoms with van der Waals surface area (Å²) >= 11 is 0. The van der Waals surface area contributed by atoms with Crippen LogP contribution in [0.5, 0.6) is 5.75 Å². The summed E-state index contributed by atoms with van der Waals surface area (Å²) in [5.41, 5.74) is 2.51. The molecule has 21 heteroatoms. The number of hydrogen-bond acceptors (Lipinski definition) is 10. The van der Waals surface area contributed by atoms with Crippen molar-refractivity contribution in [1.82, 2.24) is 31.8 Å². The van der Waals surface area contributed by atoms with E-state index >= 15 is 0 Å². The first-order valence-corrected chi connectivity index (χ1v) is 28.1. The predicted octanol–water partition coefficient (Wildman–Crippen LogP) is 8.71. The Balaban J connectivity index is 0.000000212. The Labute approximate surface area is 444 Å². The molecule has 1 unspecified atom stereocenters. The lowest BCUT2D eigenvalue weighted by atomic mass is 9.93. The lowest BCUT2D eigenvalue weighted by Crippen LogP contribution is -2.47. The molecule has 18 nitrogen and oxygen atoms in total. The molecule has 2 aliphatic rings. The minimum Gasteiger partial charge on any atom is -0.497 e. The Morgan fingerprint density at radius 3 is 1.49 bits per heavy atom. The molecule has 2 aromatic heterocycles. The summed E-state index contributed by atoms with van der Waals surface area (Å²) in [5, 5.41) is 19.2. The van der Waals surface area contributed by atoms with Crippen LogP contribution < -0.4 is 16.1 Å². The third-order valence-electron chi connectivity index (χ3n) is 14.3. The van der Waals surface area contributed by atoms with Crippen LogP contribution >= 0.6 is 0 Å². The summed E-state index contributed by atoms with van der Waals surface area (Å²) in [5.74, 6) is -0.0767. The number of para-hydroxylation sites is 4. The number of nitrogens with zero attached hydrogens (tertiary/aromatic N) is 7. The van der Waals surface area contributed by atoms with Gasteiger partial charge >= 0.3 is 23.6 Å². The molecule has 2 saturated heterocycles. The molecule has 402 valence electrons. The number of amides is 2. The first kappa shape index (κ1) is 53.8. The van der Waals surface area contributed by atoms with Gasteiger partial charge in [0.05, 0.1) is 39.0 Å². The van der Waals surface area contributed by atoms with Crippen LogP contribution in [0.15, 0.2) is 177 Å². The number of carbonyl (C=O) groups is 2. The van der Waals surface area contributed by atoms with E-state index in [0.29, 0.717) is 48.9 Å². The van der Waals surface area contributed by atoms with Gasteiger partial charge in [0.25, 0.3) is 20.0 Å². The van der Waals surface area contributed by atoms with Gasteiger partial charge in [-0.25, -0.2) is 40.4 Å². The molecule has 10 rings (SSSR count). The fourth-order valence-electron chi connectivity index (χ4n) is 10.6. The van der Waals surface area contributed by atoms with Crippen LogP contribution in [0.2, 0.25) is 0 Å². The van der Waals surface area contributed by atoms with Gasteiger partial charge in [-0.3, -0.25) is 14.0 Å². The van der Waals surface area contributed by atoms with Gasteiger partial charge in [-0.2, -0.15) is 7.94 Å². The lowest BCUT2D eigenvalue weighted by Gasteiger charge is -2.38. The van der Waals surface area contributed by atoms with Crippen molar-refractivity contribution in [1.29, 1.82) is 0 Å². The number of piperidine rings is 2. The second-order valence-electron chi connectivity index (χ2n) is 19.1. The van der Waals surface area contributed by atoms with Crippen molar-refractivity contribution in [3.8, 4) is 5.75 Å². The van der Waals surface area contributed by atoms with E-state index in [2.05, 4.69) is 29.2 Å². The van der Waals surface area contributed by atoms with Gasteiger partial charge in [0, 0.05) is 50.8 Å². The van der Waals surface area contributed by atoms with E-state index in [1.165, 1.54) is 44.7 Å². The number of benzene rings is 6. The molecule has 2 atom stereocenters. The van der Waals surface area contributed by atoms with Gasteiger partial charge in [0.15, 0.2) is 0 Å². The van der Waals surface area contributed by atoms with Crippen LogP contribution in [0.3, 0.4) is 0 Å². The van der Waals surface area contributed by atoms with Crippen LogP contribution in [0.1, 0.15) is 61.7 Å². The fraction of sp³-hybridized carbons (Fsp3) is 0.286. The van der Waals surface area contributed by atoms with Gasteiger partial charge in [-0.1, -0.05) is 84.9 Å². The minimum absolute atomic E-state index is 0.0255. The maximum atomic E-state index is 14.1. The van der Waals surface area contributed by atoms with E-state index < -0.39 is 49.4 Å². The summed E-state index contributed by atoms with van der Waals surface area (Å²) in [6, 6.07) is 43.2. The highest BCUT2D eigenvalue weighted by Gasteiger charge is 2.36. The van der Waals surface area contributed by atoms with Crippen molar-refractivity contribution in [3.05, 3.63) is 196 Å². The average molecular weight is 1090 g/mol. The number of fused-ring (bicyclic) bond motifs is 2. The normalized spacial score (nSPS) is 16.4. The van der Waals surface area contributed by atoms with E-state index in [4.69, 9.17) is 9.84 Å². The first-order valence-electron chi connectivity index (χ1n) is 25.2. The summed E-state index contributed by atoms with van der Waals surface area (Å²) in [6.45, 7) is 3.07. The van der Waals surface area contributed by atoms with Gasteiger partial charge in [0.2, 0.25) is 0 Å². The molecule has 6 aromatic carbocycles. The molecule has 0 aliphatic carbocycles. The summed E-state index contributed by atoms with van der Waals surface area (Å²) in [6.07, 6.45) is 0.961. The standard InChI is InChI=1S/C37H40N4O6S.C19H18FN3O5S/c1-47-32-18-20-33(21-19-32)48(45,46)41-35-17-9-8-16-34(35)40(36(41)42)31-22-24-39(37(43)44)30(25-31)15-10-23-38(26-28-11-4-2-5-12-28)27-29-13-6-3-7-14-29;20-13-5-7-15(8-6-13)29(27,28)23-17-4-2-1-3-16(17)22(18(23)24)14-9-11-21(12-10-14)19(25)26/h2-9,11-14,16-21,30-31H,10,15,22-27H2,1H3,(H,43,44);1-8,14H,9-12H2,(H,25,26)/t30-,31?;/m0./s1. The number of halogens is 1. The SMILES string of the molecule is COc1ccc(S(=O)(=O)n2c(=O)n(C3CCN(C(=O)O)[C@@H](CCCN(Cc4ccccc4)Cc4ccccc4)C3)c3ccccc32)cc1.O=C(O)N1CCC(n2c(=O)n(S(=O)(=O)c3ccc(F)cc3)c3ccccc32)CC1. The van der Waals surface area contributed by atoms with Crippen LogP contribution in [0, 0.1) is 5.82 Å². The Bertz CT molecular complexity index is 3690. The Morgan fingerprint density at radius 2 is 1.03 bits per heavy atom. The van der Waals surface area contributed by atoms with E-state index in [-0.39, 0.29) is 58.6 Å². The second kappa shape index (κ2) is 23.1. The largest absolute Gasteiger partial charge is 0.497 e. The zero-order valence-electron chi connectivity index (χ0n) is 42.1.